The standard InChI is InChI=1S/C10H23NSi/c1-11(12(2,3)4)10-8-6-5-7-9-10/h10H,5-9H2,1-4H3. The van der Waals surface area contributed by atoms with E-state index in [1.54, 1.807) is 0 Å². The average molecular weight is 185 g/mol. The minimum atomic E-state index is -1.01. The van der Waals surface area contributed by atoms with E-state index in [9.17, 15) is 0 Å². The van der Waals surface area contributed by atoms with Crippen LogP contribution >= 0.6 is 0 Å². The second-order valence-electron chi connectivity index (χ2n) is 5.07. The van der Waals surface area contributed by atoms with Gasteiger partial charge < -0.3 is 4.57 Å². The van der Waals surface area contributed by atoms with Crippen LogP contribution in [-0.2, 0) is 0 Å². The van der Waals surface area contributed by atoms with Crippen LogP contribution in [0.2, 0.25) is 19.6 Å². The first-order valence-electron chi connectivity index (χ1n) is 5.25. The van der Waals surface area contributed by atoms with Gasteiger partial charge in [0.15, 0.2) is 0 Å². The molecule has 1 nitrogen and oxygen atoms in total. The molecule has 1 saturated carbocycles. The van der Waals surface area contributed by atoms with Gasteiger partial charge >= 0.3 is 0 Å². The topological polar surface area (TPSA) is 3.24 Å². The largest absolute Gasteiger partial charge is 0.324 e. The SMILES string of the molecule is CN(C1CCCCC1)[Si](C)(C)C. The highest BCUT2D eigenvalue weighted by atomic mass is 28.3. The highest BCUT2D eigenvalue weighted by molar-refractivity contribution is 6.73. The summed E-state index contributed by atoms with van der Waals surface area (Å²) in [6.07, 6.45) is 7.27. The Morgan fingerprint density at radius 1 is 1.00 bits per heavy atom. The molecule has 0 bridgehead atoms. The zero-order chi connectivity index (χ0) is 9.19. The number of rotatable bonds is 2. The van der Waals surface area contributed by atoms with Crippen molar-refractivity contribution in [3.05, 3.63) is 0 Å². The van der Waals surface area contributed by atoms with Gasteiger partial charge in [0.25, 0.3) is 0 Å². The molecule has 0 spiro atoms. The summed E-state index contributed by atoms with van der Waals surface area (Å²) in [6.45, 7) is 7.34. The minimum Gasteiger partial charge on any atom is -0.324 e. The molecule has 0 aliphatic heterocycles. The zero-order valence-electron chi connectivity index (χ0n) is 9.06. The molecule has 0 heterocycles. The van der Waals surface area contributed by atoms with Crippen molar-refractivity contribution in [1.29, 1.82) is 0 Å². The Labute approximate surface area is 78.2 Å². The normalized spacial score (nSPS) is 21.8. The van der Waals surface area contributed by atoms with Crippen molar-refractivity contribution in [2.45, 2.75) is 57.8 Å². The molecule has 0 amide bonds. The quantitative estimate of drug-likeness (QED) is 0.598. The first-order chi connectivity index (χ1) is 5.52. The molecule has 72 valence electrons. The van der Waals surface area contributed by atoms with E-state index in [1.807, 2.05) is 0 Å². The maximum atomic E-state index is 2.69. The summed E-state index contributed by atoms with van der Waals surface area (Å²) in [7, 11) is 1.32. The smallest absolute Gasteiger partial charge is 0.119 e. The van der Waals surface area contributed by atoms with Crippen molar-refractivity contribution in [2.24, 2.45) is 0 Å². The van der Waals surface area contributed by atoms with Crippen LogP contribution in [0.4, 0.5) is 0 Å². The predicted molar refractivity (Wildman–Crippen MR) is 58.0 cm³/mol. The molecule has 0 atom stereocenters. The molecular weight excluding hydrogens is 162 g/mol. The van der Waals surface area contributed by atoms with Gasteiger partial charge in [-0.25, -0.2) is 0 Å². The van der Waals surface area contributed by atoms with E-state index in [2.05, 4.69) is 31.3 Å². The molecule has 12 heavy (non-hydrogen) atoms. The fourth-order valence-corrected chi connectivity index (χ4v) is 3.37. The molecule has 0 aromatic heterocycles. The van der Waals surface area contributed by atoms with Crippen molar-refractivity contribution in [3.8, 4) is 0 Å². The summed E-state index contributed by atoms with van der Waals surface area (Å²) in [5, 5.41) is 0. The van der Waals surface area contributed by atoms with Crippen LogP contribution in [0.15, 0.2) is 0 Å². The van der Waals surface area contributed by atoms with E-state index >= 15 is 0 Å². The number of nitrogens with zero attached hydrogens (tertiary/aromatic N) is 1. The molecule has 0 radical (unpaired) electrons. The molecule has 0 unspecified atom stereocenters. The molecule has 1 aliphatic carbocycles. The van der Waals surface area contributed by atoms with Crippen LogP contribution in [-0.4, -0.2) is 25.9 Å². The Morgan fingerprint density at radius 3 is 1.92 bits per heavy atom. The Morgan fingerprint density at radius 2 is 1.50 bits per heavy atom. The third-order valence-corrected chi connectivity index (χ3v) is 5.66. The second kappa shape index (κ2) is 3.92. The van der Waals surface area contributed by atoms with Gasteiger partial charge in [-0.1, -0.05) is 38.9 Å². The summed E-state index contributed by atoms with van der Waals surface area (Å²) in [6, 6.07) is 0.908. The van der Waals surface area contributed by atoms with Gasteiger partial charge in [-0.2, -0.15) is 0 Å². The lowest BCUT2D eigenvalue weighted by atomic mass is 9.96. The lowest BCUT2D eigenvalue weighted by Gasteiger charge is -2.39. The fourth-order valence-electron chi connectivity index (χ4n) is 2.02. The monoisotopic (exact) mass is 185 g/mol. The van der Waals surface area contributed by atoms with Gasteiger partial charge in [-0.3, -0.25) is 0 Å². The Bertz CT molecular complexity index is 133. The molecular formula is C10H23NSi. The molecule has 2 heteroatoms. The lowest BCUT2D eigenvalue weighted by Crippen LogP contribution is -2.49. The fraction of sp³-hybridized carbons (Fsp3) is 1.00. The number of hydrogen-bond acceptors (Lipinski definition) is 1. The lowest BCUT2D eigenvalue weighted by molar-refractivity contribution is 0.281. The van der Waals surface area contributed by atoms with Crippen LogP contribution in [0.5, 0.6) is 0 Å². The predicted octanol–water partition coefficient (Wildman–Crippen LogP) is 3.09. The highest BCUT2D eigenvalue weighted by Gasteiger charge is 2.27. The summed E-state index contributed by atoms with van der Waals surface area (Å²) < 4.78 is 2.69. The first kappa shape index (κ1) is 10.3. The van der Waals surface area contributed by atoms with Gasteiger partial charge in [0.1, 0.15) is 8.24 Å². The van der Waals surface area contributed by atoms with E-state index in [0.29, 0.717) is 0 Å². The Kier molecular flexibility index (Phi) is 3.35. The van der Waals surface area contributed by atoms with Crippen molar-refractivity contribution >= 4 is 8.24 Å². The summed E-state index contributed by atoms with van der Waals surface area (Å²) >= 11 is 0. The van der Waals surface area contributed by atoms with Crippen LogP contribution in [0.1, 0.15) is 32.1 Å². The van der Waals surface area contributed by atoms with Gasteiger partial charge in [0, 0.05) is 6.04 Å². The van der Waals surface area contributed by atoms with Gasteiger partial charge in [-0.15, -0.1) is 0 Å². The second-order valence-corrected chi connectivity index (χ2v) is 10.1. The summed E-state index contributed by atoms with van der Waals surface area (Å²) in [4.78, 5) is 0. The van der Waals surface area contributed by atoms with Crippen LogP contribution < -0.4 is 0 Å². The highest BCUT2D eigenvalue weighted by Crippen LogP contribution is 2.24. The van der Waals surface area contributed by atoms with Crippen LogP contribution in [0.3, 0.4) is 0 Å². The molecule has 0 aromatic rings. The average Bonchev–Trinajstić information content (AvgIpc) is 2.03. The van der Waals surface area contributed by atoms with Crippen LogP contribution in [0.25, 0.3) is 0 Å². The van der Waals surface area contributed by atoms with E-state index in [-0.39, 0.29) is 0 Å². The maximum absolute atomic E-state index is 2.69. The molecule has 0 N–H and O–H groups in total. The van der Waals surface area contributed by atoms with Crippen molar-refractivity contribution < 1.29 is 0 Å². The Hall–Kier alpha value is 0.177. The van der Waals surface area contributed by atoms with E-state index < -0.39 is 8.24 Å². The zero-order valence-corrected chi connectivity index (χ0v) is 10.1. The minimum absolute atomic E-state index is 0.908. The van der Waals surface area contributed by atoms with Gasteiger partial charge in [0.2, 0.25) is 0 Å². The summed E-state index contributed by atoms with van der Waals surface area (Å²) in [5.41, 5.74) is 0. The molecule has 1 aliphatic rings. The Balaban J connectivity index is 2.45. The van der Waals surface area contributed by atoms with Gasteiger partial charge in [0.05, 0.1) is 0 Å². The molecule has 0 saturated heterocycles. The van der Waals surface area contributed by atoms with Crippen molar-refractivity contribution in [2.75, 3.05) is 7.05 Å². The van der Waals surface area contributed by atoms with Gasteiger partial charge in [-0.05, 0) is 19.9 Å². The van der Waals surface area contributed by atoms with Crippen molar-refractivity contribution in [3.63, 3.8) is 0 Å². The number of hydrogen-bond donors (Lipinski definition) is 0. The maximum Gasteiger partial charge on any atom is 0.119 e. The first-order valence-corrected chi connectivity index (χ1v) is 8.69. The summed E-state index contributed by atoms with van der Waals surface area (Å²) in [5.74, 6) is 0. The van der Waals surface area contributed by atoms with E-state index in [1.165, 1.54) is 32.1 Å². The third kappa shape index (κ3) is 2.59. The third-order valence-electron chi connectivity index (χ3n) is 3.18. The molecule has 0 aromatic carbocycles. The van der Waals surface area contributed by atoms with E-state index in [0.717, 1.165) is 6.04 Å². The van der Waals surface area contributed by atoms with Crippen molar-refractivity contribution in [1.82, 2.24) is 4.57 Å². The van der Waals surface area contributed by atoms with Crippen LogP contribution in [0, 0.1) is 0 Å². The van der Waals surface area contributed by atoms with E-state index in [4.69, 9.17) is 0 Å². The molecule has 1 rings (SSSR count). The molecule has 1 fully saturated rings.